The first-order valence-electron chi connectivity index (χ1n) is 17.8. The first-order valence-corrected chi connectivity index (χ1v) is 17.8. The average Bonchev–Trinajstić information content (AvgIpc) is 3.76. The van der Waals surface area contributed by atoms with E-state index in [1.54, 1.807) is 36.2 Å². The van der Waals surface area contributed by atoms with Crippen LogP contribution in [-0.4, -0.2) is 73.6 Å². The van der Waals surface area contributed by atoms with Gasteiger partial charge in [-0.1, -0.05) is 42.0 Å². The van der Waals surface area contributed by atoms with Crippen LogP contribution >= 0.6 is 0 Å². The van der Waals surface area contributed by atoms with Gasteiger partial charge in [-0.15, -0.1) is 0 Å². The second kappa shape index (κ2) is 14.1. The molecule has 4 aliphatic heterocycles. The molecule has 0 radical (unpaired) electrons. The van der Waals surface area contributed by atoms with Gasteiger partial charge in [-0.05, 0) is 65.9 Å². The Kier molecular flexibility index (Phi) is 9.04. The van der Waals surface area contributed by atoms with Crippen LogP contribution in [0.4, 0.5) is 11.4 Å². The van der Waals surface area contributed by atoms with Gasteiger partial charge in [-0.25, -0.2) is 0 Å². The fourth-order valence-corrected chi connectivity index (χ4v) is 7.15. The Bertz CT molecular complexity index is 2220. The fourth-order valence-electron chi connectivity index (χ4n) is 7.15. The third kappa shape index (κ3) is 6.57. The molecule has 0 fully saturated rings. The molecule has 10 heteroatoms. The highest BCUT2D eigenvalue weighted by Crippen LogP contribution is 2.41. The van der Waals surface area contributed by atoms with Crippen molar-refractivity contribution in [1.29, 1.82) is 0 Å². The van der Waals surface area contributed by atoms with E-state index in [0.717, 1.165) is 40.0 Å². The maximum Gasteiger partial charge on any atom is 0.260 e. The van der Waals surface area contributed by atoms with E-state index in [1.165, 1.54) is 5.56 Å². The molecule has 4 aliphatic rings. The maximum atomic E-state index is 13.7. The van der Waals surface area contributed by atoms with Crippen molar-refractivity contribution in [3.05, 3.63) is 119 Å². The van der Waals surface area contributed by atoms with Gasteiger partial charge < -0.3 is 28.7 Å². The van der Waals surface area contributed by atoms with Gasteiger partial charge in [-0.3, -0.25) is 19.6 Å². The molecule has 0 aliphatic carbocycles. The maximum absolute atomic E-state index is 13.7. The van der Waals surface area contributed by atoms with E-state index >= 15 is 0 Å². The summed E-state index contributed by atoms with van der Waals surface area (Å²) in [6, 6.07) is 23.1. The summed E-state index contributed by atoms with van der Waals surface area (Å²) in [6.45, 7) is 4.74. The van der Waals surface area contributed by atoms with Crippen LogP contribution in [0.1, 0.15) is 62.2 Å². The monoisotopic (exact) mass is 708 g/mol. The zero-order valence-electron chi connectivity index (χ0n) is 30.2. The molecule has 53 heavy (non-hydrogen) atoms. The Morgan fingerprint density at radius 2 is 1.17 bits per heavy atom. The zero-order chi connectivity index (χ0) is 36.6. The van der Waals surface area contributed by atoms with Crippen LogP contribution in [0.5, 0.6) is 23.0 Å². The number of fused-ring (bicyclic) bond motifs is 4. The molecule has 0 bridgehead atoms. The average molecular weight is 709 g/mol. The number of carbonyl (C=O) groups excluding carboxylic acids is 2. The normalized spacial score (nSPS) is 18.3. The molecule has 2 atom stereocenters. The van der Waals surface area contributed by atoms with Crippen molar-refractivity contribution in [2.45, 2.75) is 45.2 Å². The molecule has 4 aromatic carbocycles. The molecule has 0 saturated heterocycles. The van der Waals surface area contributed by atoms with E-state index in [4.69, 9.17) is 28.9 Å². The summed E-state index contributed by atoms with van der Waals surface area (Å²) in [5, 5.41) is 0. The summed E-state index contributed by atoms with van der Waals surface area (Å²) in [6.07, 6.45) is 9.51. The van der Waals surface area contributed by atoms with Crippen LogP contribution in [-0.2, 0) is 0 Å². The number of aryl methyl sites for hydroxylation is 2. The lowest BCUT2D eigenvalue weighted by Gasteiger charge is -2.19. The molecule has 0 N–H and O–H groups in total. The standard InChI is InChI=1S/C43H40N4O6/c1-26-6-8-28(9-7-26)30-17-32-22-44-37-20-39(27(2)16-35(37)42(48)46(32)24-30)52-14-5-15-53-41-21-38-36(19-40(41)51-4)43(49)47-25-31(18-33(47)23-45-38)29-10-12-34(50-3)13-11-29/h6-13,16,19-25,32-33H,5,14-15,17-18H2,1-4H3/t32-,33-/m0/s1. The minimum absolute atomic E-state index is 0.0661. The second-order valence-electron chi connectivity index (χ2n) is 13.6. The minimum atomic E-state index is -0.189. The van der Waals surface area contributed by atoms with Crippen molar-refractivity contribution in [3.63, 3.8) is 0 Å². The molecule has 4 aromatic rings. The molecule has 2 amide bonds. The first kappa shape index (κ1) is 34.0. The third-order valence-electron chi connectivity index (χ3n) is 10.1. The number of ether oxygens (including phenoxy) is 4. The Labute approximate surface area is 308 Å². The van der Waals surface area contributed by atoms with Crippen molar-refractivity contribution in [1.82, 2.24) is 9.80 Å². The van der Waals surface area contributed by atoms with Crippen LogP contribution in [0.3, 0.4) is 0 Å². The zero-order valence-corrected chi connectivity index (χ0v) is 30.2. The minimum Gasteiger partial charge on any atom is -0.497 e. The topological polar surface area (TPSA) is 102 Å². The van der Waals surface area contributed by atoms with Crippen LogP contribution in [0.2, 0.25) is 0 Å². The Balaban J connectivity index is 0.897. The number of methoxy groups -OCH3 is 2. The summed E-state index contributed by atoms with van der Waals surface area (Å²) in [5.41, 5.74) is 8.55. The van der Waals surface area contributed by atoms with Crippen molar-refractivity contribution in [2.75, 3.05) is 27.4 Å². The molecule has 0 spiro atoms. The van der Waals surface area contributed by atoms with E-state index in [-0.39, 0.29) is 23.9 Å². The number of hydrogen-bond donors (Lipinski definition) is 0. The number of nitrogens with zero attached hydrogens (tertiary/aromatic N) is 4. The molecule has 10 nitrogen and oxygen atoms in total. The van der Waals surface area contributed by atoms with Crippen molar-refractivity contribution >= 4 is 46.8 Å². The largest absolute Gasteiger partial charge is 0.497 e. The van der Waals surface area contributed by atoms with Gasteiger partial charge in [0.25, 0.3) is 11.8 Å². The van der Waals surface area contributed by atoms with Gasteiger partial charge in [0, 0.05) is 56.2 Å². The summed E-state index contributed by atoms with van der Waals surface area (Å²) in [4.78, 5) is 40.4. The summed E-state index contributed by atoms with van der Waals surface area (Å²) >= 11 is 0. The van der Waals surface area contributed by atoms with E-state index in [9.17, 15) is 9.59 Å². The number of amides is 2. The Morgan fingerprint density at radius 1 is 0.642 bits per heavy atom. The smallest absolute Gasteiger partial charge is 0.260 e. The Hall–Kier alpha value is -6.16. The molecule has 0 unspecified atom stereocenters. The van der Waals surface area contributed by atoms with Gasteiger partial charge in [0.15, 0.2) is 11.5 Å². The van der Waals surface area contributed by atoms with E-state index in [2.05, 4.69) is 31.2 Å². The predicted molar refractivity (Wildman–Crippen MR) is 205 cm³/mol. The molecule has 0 saturated carbocycles. The van der Waals surface area contributed by atoms with E-state index < -0.39 is 0 Å². The van der Waals surface area contributed by atoms with Gasteiger partial charge >= 0.3 is 0 Å². The number of carbonyl (C=O) groups is 2. The quantitative estimate of drug-likeness (QED) is 0.154. The van der Waals surface area contributed by atoms with Crippen LogP contribution in [0.15, 0.2) is 95.2 Å². The highest BCUT2D eigenvalue weighted by molar-refractivity contribution is 6.06. The van der Waals surface area contributed by atoms with Gasteiger partial charge in [0.2, 0.25) is 0 Å². The molecule has 268 valence electrons. The van der Waals surface area contributed by atoms with Crippen LogP contribution in [0.25, 0.3) is 11.1 Å². The molecular weight excluding hydrogens is 668 g/mol. The molecular formula is C43H40N4O6. The molecule has 0 aromatic heterocycles. The van der Waals surface area contributed by atoms with Crippen LogP contribution < -0.4 is 18.9 Å². The predicted octanol–water partition coefficient (Wildman–Crippen LogP) is 8.11. The van der Waals surface area contributed by atoms with Gasteiger partial charge in [0.1, 0.15) is 11.5 Å². The lowest BCUT2D eigenvalue weighted by molar-refractivity contribution is 0.0809. The van der Waals surface area contributed by atoms with E-state index in [1.807, 2.05) is 68.2 Å². The first-order chi connectivity index (χ1) is 25.8. The SMILES string of the molecule is COc1ccc(C2=CN3C(=O)c4cc(OC)c(OCCCOc5cc6c(cc5C)C(=O)N5C=C(c7ccc(C)cc7)C[C@H]5C=N6)cc4N=C[C@@H]3C2)cc1. The lowest BCUT2D eigenvalue weighted by Crippen LogP contribution is -2.32. The molecule has 8 rings (SSSR count). The number of hydrogen-bond acceptors (Lipinski definition) is 8. The number of benzene rings is 4. The highest BCUT2D eigenvalue weighted by atomic mass is 16.5. The fraction of sp³-hybridized carbons (Fsp3) is 0.256. The molecule has 4 heterocycles. The second-order valence-corrected chi connectivity index (χ2v) is 13.6. The Morgan fingerprint density at radius 3 is 1.74 bits per heavy atom. The number of rotatable bonds is 10. The van der Waals surface area contributed by atoms with Crippen molar-refractivity contribution < 1.29 is 28.5 Å². The van der Waals surface area contributed by atoms with Crippen LogP contribution in [0, 0.1) is 13.8 Å². The summed E-state index contributed by atoms with van der Waals surface area (Å²) in [5.74, 6) is 2.20. The van der Waals surface area contributed by atoms with Gasteiger partial charge in [-0.2, -0.15) is 0 Å². The summed E-state index contributed by atoms with van der Waals surface area (Å²) in [7, 11) is 3.20. The van der Waals surface area contributed by atoms with Crippen molar-refractivity contribution in [2.24, 2.45) is 9.98 Å². The van der Waals surface area contributed by atoms with Gasteiger partial charge in [0.05, 0.1) is 62.0 Å². The summed E-state index contributed by atoms with van der Waals surface area (Å²) < 4.78 is 23.2. The highest BCUT2D eigenvalue weighted by Gasteiger charge is 2.35. The van der Waals surface area contributed by atoms with E-state index in [0.29, 0.717) is 65.8 Å². The third-order valence-corrected chi connectivity index (χ3v) is 10.1. The lowest BCUT2D eigenvalue weighted by atomic mass is 10.0. The van der Waals surface area contributed by atoms with Crippen molar-refractivity contribution in [3.8, 4) is 23.0 Å². The number of aliphatic imine (C=N–C) groups is 2.